The minimum atomic E-state index is -0.394. The van der Waals surface area contributed by atoms with Crippen molar-refractivity contribution in [1.29, 1.82) is 0 Å². The van der Waals surface area contributed by atoms with Crippen molar-refractivity contribution in [3.63, 3.8) is 0 Å². The SMILES string of the molecule is O=C(N/N=C/c1ccccc1Cl)C1CC(c2ccccc2Cl)NN1. The number of halogens is 2. The summed E-state index contributed by atoms with van der Waals surface area (Å²) in [6.07, 6.45) is 2.10. The van der Waals surface area contributed by atoms with Gasteiger partial charge in [-0.3, -0.25) is 4.79 Å². The van der Waals surface area contributed by atoms with Gasteiger partial charge in [0.1, 0.15) is 6.04 Å². The quantitative estimate of drug-likeness (QED) is 0.578. The molecule has 1 amide bonds. The Labute approximate surface area is 150 Å². The Morgan fingerprint density at radius 3 is 2.54 bits per heavy atom. The molecule has 0 aliphatic carbocycles. The average molecular weight is 363 g/mol. The average Bonchev–Trinajstić information content (AvgIpc) is 3.07. The van der Waals surface area contributed by atoms with Gasteiger partial charge in [0, 0.05) is 21.7 Å². The molecule has 3 N–H and O–H groups in total. The predicted octanol–water partition coefficient (Wildman–Crippen LogP) is 3.05. The Morgan fingerprint density at radius 2 is 1.79 bits per heavy atom. The third kappa shape index (κ3) is 3.94. The predicted molar refractivity (Wildman–Crippen MR) is 96.1 cm³/mol. The molecule has 7 heteroatoms. The van der Waals surface area contributed by atoms with Crippen molar-refractivity contribution in [2.45, 2.75) is 18.5 Å². The lowest BCUT2D eigenvalue weighted by Crippen LogP contribution is -2.41. The molecule has 2 aromatic carbocycles. The van der Waals surface area contributed by atoms with E-state index in [2.05, 4.69) is 21.4 Å². The minimum Gasteiger partial charge on any atom is -0.271 e. The van der Waals surface area contributed by atoms with E-state index in [1.165, 1.54) is 6.21 Å². The summed E-state index contributed by atoms with van der Waals surface area (Å²) in [5, 5.41) is 5.21. The first kappa shape index (κ1) is 16.9. The topological polar surface area (TPSA) is 65.5 Å². The van der Waals surface area contributed by atoms with Crippen molar-refractivity contribution in [2.75, 3.05) is 0 Å². The number of hydrazine groups is 1. The minimum absolute atomic E-state index is 0.0259. The summed E-state index contributed by atoms with van der Waals surface area (Å²) in [5.41, 5.74) is 10.3. The summed E-state index contributed by atoms with van der Waals surface area (Å²) in [5.74, 6) is -0.222. The van der Waals surface area contributed by atoms with E-state index in [1.807, 2.05) is 42.5 Å². The molecular formula is C17H16Cl2N4O. The lowest BCUT2D eigenvalue weighted by atomic mass is 10.0. The lowest BCUT2D eigenvalue weighted by Gasteiger charge is -2.11. The number of amides is 1. The van der Waals surface area contributed by atoms with Crippen molar-refractivity contribution in [3.8, 4) is 0 Å². The van der Waals surface area contributed by atoms with Crippen LogP contribution in [-0.2, 0) is 4.79 Å². The van der Waals surface area contributed by atoms with Gasteiger partial charge in [0.2, 0.25) is 0 Å². The van der Waals surface area contributed by atoms with Gasteiger partial charge >= 0.3 is 0 Å². The zero-order valence-electron chi connectivity index (χ0n) is 12.7. The fraction of sp³-hybridized carbons (Fsp3) is 0.176. The highest BCUT2D eigenvalue weighted by atomic mass is 35.5. The van der Waals surface area contributed by atoms with Crippen LogP contribution >= 0.6 is 23.2 Å². The standard InChI is InChI=1S/C17H16Cl2N4O/c18-13-7-3-1-5-11(13)10-20-23-17(24)16-9-15(21-22-16)12-6-2-4-8-14(12)19/h1-8,10,15-16,21-22H,9H2,(H,23,24)/b20-10+. The van der Waals surface area contributed by atoms with Gasteiger partial charge in [-0.1, -0.05) is 59.6 Å². The molecule has 1 fully saturated rings. The second kappa shape index (κ2) is 7.77. The smallest absolute Gasteiger partial charge is 0.258 e. The molecule has 0 bridgehead atoms. The van der Waals surface area contributed by atoms with Crippen molar-refractivity contribution < 1.29 is 4.79 Å². The Balaban J connectivity index is 1.57. The van der Waals surface area contributed by atoms with Gasteiger partial charge in [0.25, 0.3) is 5.91 Å². The Bertz CT molecular complexity index is 766. The van der Waals surface area contributed by atoms with Crippen LogP contribution < -0.4 is 16.3 Å². The molecule has 1 aliphatic rings. The van der Waals surface area contributed by atoms with Gasteiger partial charge < -0.3 is 0 Å². The van der Waals surface area contributed by atoms with Crippen LogP contribution in [0.4, 0.5) is 0 Å². The molecule has 0 radical (unpaired) electrons. The number of hydrazone groups is 1. The number of hydrogen-bond acceptors (Lipinski definition) is 4. The summed E-state index contributed by atoms with van der Waals surface area (Å²) >= 11 is 12.2. The Morgan fingerprint density at radius 1 is 1.08 bits per heavy atom. The van der Waals surface area contributed by atoms with Crippen molar-refractivity contribution in [3.05, 3.63) is 69.7 Å². The number of carbonyl (C=O) groups excluding carboxylic acids is 1. The van der Waals surface area contributed by atoms with Crippen LogP contribution in [0.5, 0.6) is 0 Å². The van der Waals surface area contributed by atoms with E-state index in [0.717, 1.165) is 11.1 Å². The van der Waals surface area contributed by atoms with E-state index in [0.29, 0.717) is 16.5 Å². The van der Waals surface area contributed by atoms with Crippen LogP contribution in [0.3, 0.4) is 0 Å². The third-order valence-corrected chi connectivity index (χ3v) is 4.47. The van der Waals surface area contributed by atoms with Crippen LogP contribution in [0.15, 0.2) is 53.6 Å². The van der Waals surface area contributed by atoms with Gasteiger partial charge in [0.15, 0.2) is 0 Å². The fourth-order valence-corrected chi connectivity index (χ4v) is 2.96. The maximum atomic E-state index is 12.2. The molecule has 2 unspecified atom stereocenters. The van der Waals surface area contributed by atoms with Crippen molar-refractivity contribution in [1.82, 2.24) is 16.3 Å². The number of hydrogen-bond donors (Lipinski definition) is 3. The monoisotopic (exact) mass is 362 g/mol. The van der Waals surface area contributed by atoms with Crippen LogP contribution in [0.2, 0.25) is 10.0 Å². The molecular weight excluding hydrogens is 347 g/mol. The highest BCUT2D eigenvalue weighted by molar-refractivity contribution is 6.33. The van der Waals surface area contributed by atoms with Gasteiger partial charge in [-0.2, -0.15) is 5.10 Å². The maximum absolute atomic E-state index is 12.2. The Hall–Kier alpha value is -1.92. The molecule has 1 saturated heterocycles. The molecule has 124 valence electrons. The second-order valence-electron chi connectivity index (χ2n) is 5.41. The van der Waals surface area contributed by atoms with Gasteiger partial charge in [-0.25, -0.2) is 16.3 Å². The van der Waals surface area contributed by atoms with E-state index in [-0.39, 0.29) is 11.9 Å². The summed E-state index contributed by atoms with van der Waals surface area (Å²) in [6.45, 7) is 0. The van der Waals surface area contributed by atoms with Crippen LogP contribution in [0.1, 0.15) is 23.6 Å². The van der Waals surface area contributed by atoms with E-state index >= 15 is 0 Å². The highest BCUT2D eigenvalue weighted by Crippen LogP contribution is 2.28. The molecule has 2 aromatic rings. The molecule has 1 aliphatic heterocycles. The third-order valence-electron chi connectivity index (χ3n) is 3.78. The normalized spacial score (nSPS) is 20.4. The molecule has 2 atom stereocenters. The first-order chi connectivity index (χ1) is 11.6. The maximum Gasteiger partial charge on any atom is 0.258 e. The van der Waals surface area contributed by atoms with Gasteiger partial charge in [0.05, 0.1) is 6.21 Å². The summed E-state index contributed by atoms with van der Waals surface area (Å²) in [4.78, 5) is 12.2. The molecule has 0 spiro atoms. The lowest BCUT2D eigenvalue weighted by molar-refractivity contribution is -0.122. The van der Waals surface area contributed by atoms with Gasteiger partial charge in [-0.15, -0.1) is 0 Å². The molecule has 3 rings (SSSR count). The first-order valence-corrected chi connectivity index (χ1v) is 8.23. The van der Waals surface area contributed by atoms with E-state index in [1.54, 1.807) is 6.07 Å². The molecule has 24 heavy (non-hydrogen) atoms. The summed E-state index contributed by atoms with van der Waals surface area (Å²) in [6, 6.07) is 14.4. The van der Waals surface area contributed by atoms with Crippen molar-refractivity contribution >= 4 is 35.3 Å². The van der Waals surface area contributed by atoms with E-state index < -0.39 is 6.04 Å². The molecule has 0 saturated carbocycles. The first-order valence-electron chi connectivity index (χ1n) is 7.48. The van der Waals surface area contributed by atoms with Crippen LogP contribution in [0.25, 0.3) is 0 Å². The Kier molecular flexibility index (Phi) is 5.48. The summed E-state index contributed by atoms with van der Waals surface area (Å²) < 4.78 is 0. The van der Waals surface area contributed by atoms with Gasteiger partial charge in [-0.05, 0) is 24.1 Å². The number of rotatable bonds is 4. The van der Waals surface area contributed by atoms with Crippen LogP contribution in [-0.4, -0.2) is 18.2 Å². The number of carbonyl (C=O) groups is 1. The highest BCUT2D eigenvalue weighted by Gasteiger charge is 2.30. The number of nitrogens with zero attached hydrogens (tertiary/aromatic N) is 1. The van der Waals surface area contributed by atoms with Crippen LogP contribution in [0, 0.1) is 0 Å². The van der Waals surface area contributed by atoms with E-state index in [4.69, 9.17) is 23.2 Å². The second-order valence-corrected chi connectivity index (χ2v) is 6.22. The van der Waals surface area contributed by atoms with E-state index in [9.17, 15) is 4.79 Å². The zero-order chi connectivity index (χ0) is 16.9. The molecule has 5 nitrogen and oxygen atoms in total. The molecule has 1 heterocycles. The fourth-order valence-electron chi connectivity index (χ4n) is 2.51. The number of nitrogens with one attached hydrogen (secondary N) is 3. The zero-order valence-corrected chi connectivity index (χ0v) is 14.2. The van der Waals surface area contributed by atoms with Crippen molar-refractivity contribution in [2.24, 2.45) is 5.10 Å². The molecule has 0 aromatic heterocycles. The largest absolute Gasteiger partial charge is 0.271 e. The number of benzene rings is 2. The summed E-state index contributed by atoms with van der Waals surface area (Å²) in [7, 11) is 0.